The minimum Gasteiger partial charge on any atom is -0.469 e. The molecule has 0 saturated carbocycles. The van der Waals surface area contributed by atoms with Gasteiger partial charge in [0.25, 0.3) is 0 Å². The largest absolute Gasteiger partial charge is 0.469 e. The first kappa shape index (κ1) is 16.4. The predicted octanol–water partition coefficient (Wildman–Crippen LogP) is 4.16. The average molecular weight is 319 g/mol. The Morgan fingerprint density at radius 1 is 1.27 bits per heavy atom. The fraction of sp³-hybridized carbons (Fsp3) is 0.353. The Kier molecular flexibility index (Phi) is 5.50. The fourth-order valence-electron chi connectivity index (χ4n) is 2.59. The Morgan fingerprint density at radius 2 is 1.95 bits per heavy atom. The van der Waals surface area contributed by atoms with Crippen LogP contribution in [-0.2, 0) is 9.53 Å². The zero-order chi connectivity index (χ0) is 16.1. The second-order valence-electron chi connectivity index (χ2n) is 5.07. The number of benzene rings is 1. The molecule has 1 aromatic heterocycles. The van der Waals surface area contributed by atoms with Gasteiger partial charge in [-0.1, -0.05) is 43.7 Å². The van der Waals surface area contributed by atoms with Crippen LogP contribution < -0.4 is 0 Å². The van der Waals surface area contributed by atoms with Crippen LogP contribution in [0.1, 0.15) is 36.9 Å². The second-order valence-corrected chi connectivity index (χ2v) is 5.41. The van der Waals surface area contributed by atoms with E-state index in [1.165, 1.54) is 7.11 Å². The summed E-state index contributed by atoms with van der Waals surface area (Å²) in [5.74, 6) is -0.657. The van der Waals surface area contributed by atoms with Crippen molar-refractivity contribution in [2.24, 2.45) is 0 Å². The predicted molar refractivity (Wildman–Crippen MR) is 86.9 cm³/mol. The van der Waals surface area contributed by atoms with E-state index in [2.05, 4.69) is 9.97 Å². The molecule has 0 amide bonds. The first-order valence-electron chi connectivity index (χ1n) is 7.25. The Bertz CT molecular complexity index is 659. The van der Waals surface area contributed by atoms with Gasteiger partial charge in [-0.05, 0) is 24.9 Å². The minimum atomic E-state index is -0.387. The Balaban J connectivity index is 2.65. The van der Waals surface area contributed by atoms with E-state index < -0.39 is 0 Å². The van der Waals surface area contributed by atoms with Crippen molar-refractivity contribution in [3.05, 3.63) is 46.9 Å². The van der Waals surface area contributed by atoms with Crippen molar-refractivity contribution in [3.63, 3.8) is 0 Å². The van der Waals surface area contributed by atoms with Gasteiger partial charge in [0.05, 0.1) is 18.7 Å². The van der Waals surface area contributed by atoms with Crippen LogP contribution in [0.5, 0.6) is 0 Å². The maximum absolute atomic E-state index is 12.2. The van der Waals surface area contributed by atoms with Crippen molar-refractivity contribution in [1.82, 2.24) is 9.97 Å². The van der Waals surface area contributed by atoms with E-state index >= 15 is 0 Å². The number of hydrogen-bond donors (Lipinski definition) is 0. The summed E-state index contributed by atoms with van der Waals surface area (Å²) in [5.41, 5.74) is 3.11. The van der Waals surface area contributed by atoms with E-state index in [-0.39, 0.29) is 17.2 Å². The molecule has 0 aliphatic rings. The van der Waals surface area contributed by atoms with Gasteiger partial charge < -0.3 is 4.74 Å². The highest BCUT2D eigenvalue weighted by molar-refractivity contribution is 6.28. The van der Waals surface area contributed by atoms with Crippen molar-refractivity contribution >= 4 is 17.6 Å². The molecule has 1 unspecified atom stereocenters. The average Bonchev–Trinajstić information content (AvgIpc) is 2.53. The molecule has 1 aromatic carbocycles. The van der Waals surface area contributed by atoms with E-state index in [9.17, 15) is 4.79 Å². The summed E-state index contributed by atoms with van der Waals surface area (Å²) in [7, 11) is 1.40. The number of methoxy groups -OCH3 is 1. The number of nitrogens with zero attached hydrogens (tertiary/aromatic N) is 2. The molecule has 116 valence electrons. The lowest BCUT2D eigenvalue weighted by Crippen LogP contribution is -2.18. The molecule has 0 N–H and O–H groups in total. The third kappa shape index (κ3) is 3.45. The Morgan fingerprint density at radius 3 is 2.55 bits per heavy atom. The van der Waals surface area contributed by atoms with Gasteiger partial charge in [0, 0.05) is 16.8 Å². The molecule has 0 aliphatic carbocycles. The van der Waals surface area contributed by atoms with Crippen LogP contribution >= 0.6 is 11.6 Å². The third-order valence-electron chi connectivity index (χ3n) is 3.57. The molecular weight excluding hydrogens is 300 g/mol. The molecule has 1 atom stereocenters. The SMILES string of the molecule is CCCC(C(=O)OC)c1c(C)nc(Cl)nc1-c1ccccc1. The lowest BCUT2D eigenvalue weighted by Gasteiger charge is -2.19. The van der Waals surface area contributed by atoms with Gasteiger partial charge in [0.2, 0.25) is 5.28 Å². The van der Waals surface area contributed by atoms with Crippen LogP contribution in [0.4, 0.5) is 0 Å². The molecule has 0 saturated heterocycles. The number of rotatable bonds is 5. The fourth-order valence-corrected chi connectivity index (χ4v) is 2.80. The van der Waals surface area contributed by atoms with E-state index in [1.54, 1.807) is 0 Å². The molecular formula is C17H19ClN2O2. The van der Waals surface area contributed by atoms with E-state index in [0.29, 0.717) is 17.8 Å². The quantitative estimate of drug-likeness (QED) is 0.613. The molecule has 2 aromatic rings. The number of aryl methyl sites for hydroxylation is 1. The first-order valence-corrected chi connectivity index (χ1v) is 7.63. The van der Waals surface area contributed by atoms with Crippen molar-refractivity contribution in [2.45, 2.75) is 32.6 Å². The summed E-state index contributed by atoms with van der Waals surface area (Å²) in [5, 5.41) is 0.181. The van der Waals surface area contributed by atoms with Crippen LogP contribution in [0.2, 0.25) is 5.28 Å². The number of carbonyl (C=O) groups is 1. The van der Waals surface area contributed by atoms with Gasteiger partial charge in [0.1, 0.15) is 0 Å². The van der Waals surface area contributed by atoms with Crippen molar-refractivity contribution in [1.29, 1.82) is 0 Å². The highest BCUT2D eigenvalue weighted by Gasteiger charge is 2.27. The topological polar surface area (TPSA) is 52.1 Å². The summed E-state index contributed by atoms with van der Waals surface area (Å²) in [6.45, 7) is 3.88. The van der Waals surface area contributed by atoms with E-state index in [4.69, 9.17) is 16.3 Å². The molecule has 0 bridgehead atoms. The number of esters is 1. The maximum atomic E-state index is 12.2. The molecule has 2 rings (SSSR count). The molecule has 0 aliphatic heterocycles. The van der Waals surface area contributed by atoms with E-state index in [0.717, 1.165) is 17.5 Å². The summed E-state index contributed by atoms with van der Waals surface area (Å²) in [6, 6.07) is 9.68. The van der Waals surface area contributed by atoms with E-state index in [1.807, 2.05) is 44.2 Å². The Hall–Kier alpha value is -1.94. The molecule has 0 radical (unpaired) electrons. The zero-order valence-electron chi connectivity index (χ0n) is 13.0. The van der Waals surface area contributed by atoms with Gasteiger partial charge in [-0.25, -0.2) is 9.97 Å². The second kappa shape index (κ2) is 7.36. The molecule has 0 fully saturated rings. The zero-order valence-corrected chi connectivity index (χ0v) is 13.7. The number of aromatic nitrogens is 2. The molecule has 5 heteroatoms. The normalized spacial score (nSPS) is 12.0. The molecule has 0 spiro atoms. The summed E-state index contributed by atoms with van der Waals surface area (Å²) < 4.78 is 4.97. The third-order valence-corrected chi connectivity index (χ3v) is 3.74. The van der Waals surface area contributed by atoms with Crippen LogP contribution in [0, 0.1) is 6.92 Å². The number of halogens is 1. The van der Waals surface area contributed by atoms with Crippen molar-refractivity contribution < 1.29 is 9.53 Å². The summed E-state index contributed by atoms with van der Waals surface area (Å²) in [6.07, 6.45) is 1.54. The Labute approximate surface area is 135 Å². The summed E-state index contributed by atoms with van der Waals surface area (Å²) >= 11 is 6.03. The van der Waals surface area contributed by atoms with Crippen molar-refractivity contribution in [2.75, 3.05) is 7.11 Å². The molecule has 1 heterocycles. The lowest BCUT2D eigenvalue weighted by molar-refractivity contribution is -0.142. The van der Waals surface area contributed by atoms with Crippen LogP contribution in [0.15, 0.2) is 30.3 Å². The number of carbonyl (C=O) groups excluding carboxylic acids is 1. The number of ether oxygens (including phenoxy) is 1. The highest BCUT2D eigenvalue weighted by atomic mass is 35.5. The smallest absolute Gasteiger partial charge is 0.313 e. The lowest BCUT2D eigenvalue weighted by atomic mass is 9.89. The monoisotopic (exact) mass is 318 g/mol. The maximum Gasteiger partial charge on any atom is 0.313 e. The van der Waals surface area contributed by atoms with Crippen LogP contribution in [0.3, 0.4) is 0 Å². The minimum absolute atomic E-state index is 0.181. The molecule has 4 nitrogen and oxygen atoms in total. The van der Waals surface area contributed by atoms with Crippen LogP contribution in [-0.4, -0.2) is 23.0 Å². The van der Waals surface area contributed by atoms with Gasteiger partial charge >= 0.3 is 5.97 Å². The highest BCUT2D eigenvalue weighted by Crippen LogP contribution is 2.34. The van der Waals surface area contributed by atoms with Gasteiger partial charge in [-0.2, -0.15) is 0 Å². The first-order chi connectivity index (χ1) is 10.6. The molecule has 22 heavy (non-hydrogen) atoms. The van der Waals surface area contributed by atoms with Gasteiger partial charge in [-0.3, -0.25) is 4.79 Å². The summed E-state index contributed by atoms with van der Waals surface area (Å²) in [4.78, 5) is 20.8. The number of hydrogen-bond acceptors (Lipinski definition) is 4. The van der Waals surface area contributed by atoms with Gasteiger partial charge in [0.15, 0.2) is 0 Å². The van der Waals surface area contributed by atoms with Crippen molar-refractivity contribution in [3.8, 4) is 11.3 Å². The van der Waals surface area contributed by atoms with Crippen LogP contribution in [0.25, 0.3) is 11.3 Å². The standard InChI is InChI=1S/C17H19ClN2O2/c1-4-8-13(16(21)22-3)14-11(2)19-17(18)20-15(14)12-9-6-5-7-10-12/h5-7,9-10,13H,4,8H2,1-3H3. The van der Waals surface area contributed by atoms with Gasteiger partial charge in [-0.15, -0.1) is 0 Å².